The van der Waals surface area contributed by atoms with Gasteiger partial charge in [0.2, 0.25) is 11.8 Å². The molecule has 4 nitrogen and oxygen atoms in total. The van der Waals surface area contributed by atoms with Crippen LogP contribution in [0.15, 0.2) is 0 Å². The minimum Gasteiger partial charge on any atom is -0.347 e. The molecule has 0 aliphatic heterocycles. The van der Waals surface area contributed by atoms with Crippen LogP contribution in [0.3, 0.4) is 0 Å². The van der Waals surface area contributed by atoms with Crippen molar-refractivity contribution in [1.29, 1.82) is 0 Å². The smallest absolute Gasteiger partial charge is 0.241 e. The number of carbonyl (C=O) groups excluding carboxylic acids is 2. The Kier molecular flexibility index (Phi) is 5.92. The molecule has 2 amide bonds. The summed E-state index contributed by atoms with van der Waals surface area (Å²) in [6.07, 6.45) is 0. The van der Waals surface area contributed by atoms with Gasteiger partial charge in [-0.2, -0.15) is 0 Å². The van der Waals surface area contributed by atoms with Crippen molar-refractivity contribution in [1.82, 2.24) is 10.2 Å². The van der Waals surface area contributed by atoms with Crippen molar-refractivity contribution in [2.45, 2.75) is 27.7 Å². The molecule has 0 saturated heterocycles. The van der Waals surface area contributed by atoms with Crippen LogP contribution < -0.4 is 5.32 Å². The fourth-order valence-electron chi connectivity index (χ4n) is 1.16. The first kappa shape index (κ1) is 12.9. The first-order valence-corrected chi connectivity index (χ1v) is 4.99. The van der Waals surface area contributed by atoms with Gasteiger partial charge in [-0.25, -0.2) is 0 Å². The van der Waals surface area contributed by atoms with E-state index in [-0.39, 0.29) is 18.4 Å². The second kappa shape index (κ2) is 6.40. The summed E-state index contributed by atoms with van der Waals surface area (Å²) >= 11 is 0. The molecule has 0 aliphatic carbocycles. The summed E-state index contributed by atoms with van der Waals surface area (Å²) in [4.78, 5) is 23.9. The van der Waals surface area contributed by atoms with Crippen molar-refractivity contribution in [3.63, 3.8) is 0 Å². The molecule has 82 valence electrons. The summed E-state index contributed by atoms with van der Waals surface area (Å²) in [6.45, 7) is 9.02. The number of likely N-dealkylation sites (N-methyl/N-ethyl adjacent to an activating group) is 1. The molecule has 0 aromatic carbocycles. The number of nitrogens with one attached hydrogen (secondary N) is 1. The van der Waals surface area contributed by atoms with Gasteiger partial charge in [-0.15, -0.1) is 0 Å². The van der Waals surface area contributed by atoms with Crippen LogP contribution in [-0.2, 0) is 9.59 Å². The quantitative estimate of drug-likeness (QED) is 0.707. The second-order valence-electron chi connectivity index (χ2n) is 3.74. The van der Waals surface area contributed by atoms with Crippen LogP contribution in [0.25, 0.3) is 0 Å². The number of nitrogens with zero attached hydrogens (tertiary/aromatic N) is 1. The van der Waals surface area contributed by atoms with E-state index in [1.807, 2.05) is 6.92 Å². The van der Waals surface area contributed by atoms with Crippen molar-refractivity contribution in [3.8, 4) is 0 Å². The minimum atomic E-state index is -0.168. The summed E-state index contributed by atoms with van der Waals surface area (Å²) in [5.41, 5.74) is 0. The van der Waals surface area contributed by atoms with E-state index >= 15 is 0 Å². The molecule has 0 spiro atoms. The largest absolute Gasteiger partial charge is 0.347 e. The molecule has 0 aromatic heterocycles. The minimum absolute atomic E-state index is 0.0172. The standard InChI is InChI=1S/C10H20N2O2/c1-5-12(7-8(2)3)10(14)6-11-9(4)13/h8H,5-7H2,1-4H3,(H,11,13). The second-order valence-corrected chi connectivity index (χ2v) is 3.74. The molecule has 0 unspecified atom stereocenters. The van der Waals surface area contributed by atoms with Gasteiger partial charge in [0, 0.05) is 20.0 Å². The maximum absolute atomic E-state index is 11.5. The highest BCUT2D eigenvalue weighted by Gasteiger charge is 2.12. The van der Waals surface area contributed by atoms with Crippen LogP contribution >= 0.6 is 0 Å². The molecular weight excluding hydrogens is 180 g/mol. The average molecular weight is 200 g/mol. The molecule has 0 rings (SSSR count). The Balaban J connectivity index is 3.97. The summed E-state index contributed by atoms with van der Waals surface area (Å²) in [6, 6.07) is 0. The summed E-state index contributed by atoms with van der Waals surface area (Å²) in [5.74, 6) is 0.270. The first-order valence-electron chi connectivity index (χ1n) is 4.99. The summed E-state index contributed by atoms with van der Waals surface area (Å²) in [5, 5.41) is 2.50. The van der Waals surface area contributed by atoms with Crippen molar-refractivity contribution >= 4 is 11.8 Å². The van der Waals surface area contributed by atoms with Gasteiger partial charge in [-0.05, 0) is 12.8 Å². The topological polar surface area (TPSA) is 49.4 Å². The Bertz CT molecular complexity index is 202. The number of amides is 2. The van der Waals surface area contributed by atoms with Crippen LogP contribution in [0.4, 0.5) is 0 Å². The van der Waals surface area contributed by atoms with E-state index in [0.717, 1.165) is 6.54 Å². The molecule has 4 heteroatoms. The van der Waals surface area contributed by atoms with Crippen LogP contribution in [0.1, 0.15) is 27.7 Å². The Morgan fingerprint density at radius 1 is 1.36 bits per heavy atom. The van der Waals surface area contributed by atoms with Crippen molar-refractivity contribution in [2.75, 3.05) is 19.6 Å². The monoisotopic (exact) mass is 200 g/mol. The van der Waals surface area contributed by atoms with Crippen molar-refractivity contribution < 1.29 is 9.59 Å². The van der Waals surface area contributed by atoms with Gasteiger partial charge in [0.1, 0.15) is 0 Å². The normalized spacial score (nSPS) is 10.1. The van der Waals surface area contributed by atoms with Gasteiger partial charge >= 0.3 is 0 Å². The zero-order valence-electron chi connectivity index (χ0n) is 9.46. The zero-order chi connectivity index (χ0) is 11.1. The van der Waals surface area contributed by atoms with Gasteiger partial charge in [-0.3, -0.25) is 9.59 Å². The Labute approximate surface area is 85.7 Å². The highest BCUT2D eigenvalue weighted by atomic mass is 16.2. The summed E-state index contributed by atoms with van der Waals surface area (Å²) in [7, 11) is 0. The molecular formula is C10H20N2O2. The van der Waals surface area contributed by atoms with Crippen LogP contribution in [-0.4, -0.2) is 36.3 Å². The molecule has 0 aromatic rings. The van der Waals surface area contributed by atoms with Crippen LogP contribution in [0, 0.1) is 5.92 Å². The molecule has 0 fully saturated rings. The Morgan fingerprint density at radius 2 is 1.93 bits per heavy atom. The Hall–Kier alpha value is -1.06. The Morgan fingerprint density at radius 3 is 2.29 bits per heavy atom. The molecule has 14 heavy (non-hydrogen) atoms. The number of hydrogen-bond acceptors (Lipinski definition) is 2. The van der Waals surface area contributed by atoms with Crippen LogP contribution in [0.2, 0.25) is 0 Å². The highest BCUT2D eigenvalue weighted by Crippen LogP contribution is 1.98. The predicted molar refractivity (Wildman–Crippen MR) is 55.8 cm³/mol. The maximum atomic E-state index is 11.5. The highest BCUT2D eigenvalue weighted by molar-refractivity contribution is 5.83. The molecule has 0 heterocycles. The molecule has 1 N–H and O–H groups in total. The lowest BCUT2D eigenvalue weighted by atomic mass is 10.2. The van der Waals surface area contributed by atoms with E-state index in [1.54, 1.807) is 4.90 Å². The van der Waals surface area contributed by atoms with Gasteiger partial charge in [0.25, 0.3) is 0 Å². The van der Waals surface area contributed by atoms with E-state index in [4.69, 9.17) is 0 Å². The number of hydrogen-bond donors (Lipinski definition) is 1. The van der Waals surface area contributed by atoms with Gasteiger partial charge < -0.3 is 10.2 Å². The third-order valence-electron chi connectivity index (χ3n) is 1.81. The van der Waals surface area contributed by atoms with E-state index in [2.05, 4.69) is 19.2 Å². The lowest BCUT2D eigenvalue weighted by Crippen LogP contribution is -2.41. The SMILES string of the molecule is CCN(CC(C)C)C(=O)CNC(C)=O. The lowest BCUT2D eigenvalue weighted by Gasteiger charge is -2.22. The fourth-order valence-corrected chi connectivity index (χ4v) is 1.16. The van der Waals surface area contributed by atoms with Crippen molar-refractivity contribution in [3.05, 3.63) is 0 Å². The fraction of sp³-hybridized carbons (Fsp3) is 0.800. The summed E-state index contributed by atoms with van der Waals surface area (Å²) < 4.78 is 0. The third kappa shape index (κ3) is 5.56. The maximum Gasteiger partial charge on any atom is 0.241 e. The predicted octanol–water partition coefficient (Wildman–Crippen LogP) is 0.627. The van der Waals surface area contributed by atoms with Gasteiger partial charge in [-0.1, -0.05) is 13.8 Å². The number of rotatable bonds is 5. The average Bonchev–Trinajstić information content (AvgIpc) is 2.09. The van der Waals surface area contributed by atoms with E-state index in [9.17, 15) is 9.59 Å². The number of carbonyl (C=O) groups is 2. The lowest BCUT2D eigenvalue weighted by molar-refractivity contribution is -0.132. The molecule has 0 saturated carbocycles. The molecule has 0 radical (unpaired) electrons. The van der Waals surface area contributed by atoms with E-state index in [1.165, 1.54) is 6.92 Å². The molecule has 0 aliphatic rings. The molecule has 0 atom stereocenters. The molecule has 0 bridgehead atoms. The first-order chi connectivity index (χ1) is 6.47. The van der Waals surface area contributed by atoms with E-state index < -0.39 is 0 Å². The van der Waals surface area contributed by atoms with Gasteiger partial charge in [0.15, 0.2) is 0 Å². The van der Waals surface area contributed by atoms with Crippen molar-refractivity contribution in [2.24, 2.45) is 5.92 Å². The van der Waals surface area contributed by atoms with Crippen LogP contribution in [0.5, 0.6) is 0 Å². The van der Waals surface area contributed by atoms with Gasteiger partial charge in [0.05, 0.1) is 6.54 Å². The van der Waals surface area contributed by atoms with E-state index in [0.29, 0.717) is 12.5 Å². The zero-order valence-corrected chi connectivity index (χ0v) is 9.46. The third-order valence-corrected chi connectivity index (χ3v) is 1.81.